The van der Waals surface area contributed by atoms with Gasteiger partial charge in [-0.25, -0.2) is 0 Å². The van der Waals surface area contributed by atoms with Gasteiger partial charge in [-0.1, -0.05) is 55.8 Å². The van der Waals surface area contributed by atoms with E-state index in [2.05, 4.69) is 0 Å². The number of carbonyl (C=O) groups is 2. The summed E-state index contributed by atoms with van der Waals surface area (Å²) in [6.07, 6.45) is 0.829. The number of halogens is 1. The van der Waals surface area contributed by atoms with Crippen molar-refractivity contribution in [3.63, 3.8) is 0 Å². The lowest BCUT2D eigenvalue weighted by atomic mass is 9.88. The Morgan fingerprint density at radius 2 is 1.81 bits per heavy atom. The summed E-state index contributed by atoms with van der Waals surface area (Å²) in [5.41, 5.74) is 2.90. The van der Waals surface area contributed by atoms with Crippen molar-refractivity contribution in [1.29, 1.82) is 0 Å². The van der Waals surface area contributed by atoms with Crippen LogP contribution in [0.5, 0.6) is 0 Å². The lowest BCUT2D eigenvalue weighted by Crippen LogP contribution is -2.34. The summed E-state index contributed by atoms with van der Waals surface area (Å²) in [6.45, 7) is 4.29. The highest BCUT2D eigenvalue weighted by atomic mass is 35.5. The zero-order chi connectivity index (χ0) is 18.7. The maximum atomic E-state index is 12.6. The van der Waals surface area contributed by atoms with E-state index >= 15 is 0 Å². The quantitative estimate of drug-likeness (QED) is 0.739. The molecule has 0 N–H and O–H groups in total. The Kier molecular flexibility index (Phi) is 5.62. The van der Waals surface area contributed by atoms with Crippen LogP contribution in [0.1, 0.15) is 30.9 Å². The fourth-order valence-corrected chi connectivity index (χ4v) is 3.49. The summed E-state index contributed by atoms with van der Waals surface area (Å²) < 4.78 is 5.38. The van der Waals surface area contributed by atoms with Gasteiger partial charge in [0.2, 0.25) is 0 Å². The Balaban J connectivity index is 1.65. The highest BCUT2D eigenvalue weighted by Crippen LogP contribution is 2.29. The molecule has 5 heteroatoms. The van der Waals surface area contributed by atoms with Crippen LogP contribution in [0.2, 0.25) is 5.02 Å². The van der Waals surface area contributed by atoms with Gasteiger partial charge in [0.25, 0.3) is 5.91 Å². The topological polar surface area (TPSA) is 46.6 Å². The number of ether oxygens (including phenoxy) is 1. The lowest BCUT2D eigenvalue weighted by Gasteiger charge is -2.21. The molecular formula is C21H22ClNO3. The third-order valence-corrected chi connectivity index (χ3v) is 4.93. The first-order valence-electron chi connectivity index (χ1n) is 8.77. The van der Waals surface area contributed by atoms with E-state index in [-0.39, 0.29) is 24.4 Å². The van der Waals surface area contributed by atoms with Crippen LogP contribution in [0.4, 0.5) is 5.69 Å². The average molecular weight is 372 g/mol. The molecule has 0 radical (unpaired) electrons. The molecule has 2 aromatic rings. The summed E-state index contributed by atoms with van der Waals surface area (Å²) in [6, 6.07) is 15.0. The van der Waals surface area contributed by atoms with E-state index in [0.717, 1.165) is 23.2 Å². The van der Waals surface area contributed by atoms with Gasteiger partial charge in [0, 0.05) is 17.3 Å². The zero-order valence-corrected chi connectivity index (χ0v) is 15.7. The minimum Gasteiger partial charge on any atom is -0.455 e. The maximum Gasteiger partial charge on any atom is 0.314 e. The Morgan fingerprint density at radius 1 is 1.12 bits per heavy atom. The molecule has 26 heavy (non-hydrogen) atoms. The fourth-order valence-electron chi connectivity index (χ4n) is 3.36. The second-order valence-corrected chi connectivity index (χ2v) is 7.24. The predicted molar refractivity (Wildman–Crippen MR) is 102 cm³/mol. The van der Waals surface area contributed by atoms with Crippen LogP contribution in [-0.2, 0) is 20.7 Å². The number of anilines is 1. The van der Waals surface area contributed by atoms with E-state index < -0.39 is 5.92 Å². The van der Waals surface area contributed by atoms with Crippen LogP contribution in [-0.4, -0.2) is 25.0 Å². The highest BCUT2D eigenvalue weighted by Gasteiger charge is 2.29. The number of esters is 1. The van der Waals surface area contributed by atoms with E-state index in [1.165, 1.54) is 0 Å². The van der Waals surface area contributed by atoms with Crippen LogP contribution >= 0.6 is 11.6 Å². The number of rotatable bonds is 5. The van der Waals surface area contributed by atoms with Crippen molar-refractivity contribution >= 4 is 29.2 Å². The van der Waals surface area contributed by atoms with Gasteiger partial charge in [0.15, 0.2) is 6.61 Å². The van der Waals surface area contributed by atoms with Crippen LogP contribution in [0.25, 0.3) is 0 Å². The van der Waals surface area contributed by atoms with Crippen LogP contribution in [0.3, 0.4) is 0 Å². The Labute approximate surface area is 158 Å². The van der Waals surface area contributed by atoms with Crippen molar-refractivity contribution in [2.75, 3.05) is 18.1 Å². The van der Waals surface area contributed by atoms with Crippen molar-refractivity contribution in [3.05, 3.63) is 64.7 Å². The van der Waals surface area contributed by atoms with Gasteiger partial charge in [0.05, 0.1) is 5.92 Å². The smallest absolute Gasteiger partial charge is 0.314 e. The van der Waals surface area contributed by atoms with Gasteiger partial charge < -0.3 is 9.64 Å². The van der Waals surface area contributed by atoms with Crippen molar-refractivity contribution in [2.24, 2.45) is 5.92 Å². The summed E-state index contributed by atoms with van der Waals surface area (Å²) in [4.78, 5) is 26.8. The zero-order valence-electron chi connectivity index (χ0n) is 14.9. The van der Waals surface area contributed by atoms with Crippen molar-refractivity contribution < 1.29 is 14.3 Å². The molecule has 136 valence electrons. The minimum atomic E-state index is -0.425. The summed E-state index contributed by atoms with van der Waals surface area (Å²) in [5, 5.41) is 0.618. The number of fused-ring (bicyclic) bond motifs is 1. The van der Waals surface area contributed by atoms with Crippen LogP contribution < -0.4 is 4.90 Å². The van der Waals surface area contributed by atoms with Gasteiger partial charge in [0.1, 0.15) is 0 Å². The molecule has 0 unspecified atom stereocenters. The molecule has 0 saturated heterocycles. The van der Waals surface area contributed by atoms with E-state index in [9.17, 15) is 9.59 Å². The van der Waals surface area contributed by atoms with Crippen LogP contribution in [0.15, 0.2) is 48.5 Å². The first-order valence-corrected chi connectivity index (χ1v) is 9.15. The summed E-state index contributed by atoms with van der Waals surface area (Å²) in [5.74, 6) is -0.956. The molecule has 0 spiro atoms. The molecule has 1 atom stereocenters. The molecule has 0 bridgehead atoms. The fraction of sp³-hybridized carbons (Fsp3) is 0.333. The Morgan fingerprint density at radius 3 is 2.50 bits per heavy atom. The predicted octanol–water partition coefficient (Wildman–Crippen LogP) is 4.21. The van der Waals surface area contributed by atoms with E-state index in [4.69, 9.17) is 16.3 Å². The Hall–Kier alpha value is -2.33. The number of nitrogens with zero attached hydrogens (tertiary/aromatic N) is 1. The normalized spacial score (nSPS) is 14.2. The molecule has 1 aliphatic heterocycles. The molecule has 2 aromatic carbocycles. The molecule has 1 aliphatic rings. The molecule has 0 saturated carbocycles. The van der Waals surface area contributed by atoms with Gasteiger partial charge in [-0.3, -0.25) is 9.59 Å². The number of hydrogen-bond donors (Lipinski definition) is 0. The second-order valence-electron chi connectivity index (χ2n) is 6.81. The first-order chi connectivity index (χ1) is 12.5. The lowest BCUT2D eigenvalue weighted by molar-refractivity contribution is -0.150. The van der Waals surface area contributed by atoms with E-state index in [1.54, 1.807) is 17.0 Å². The number of benzene rings is 2. The Bertz CT molecular complexity index is 801. The summed E-state index contributed by atoms with van der Waals surface area (Å²) >= 11 is 5.93. The van der Waals surface area contributed by atoms with Gasteiger partial charge >= 0.3 is 5.97 Å². The molecule has 1 amide bonds. The largest absolute Gasteiger partial charge is 0.455 e. The van der Waals surface area contributed by atoms with Gasteiger partial charge in [-0.15, -0.1) is 0 Å². The van der Waals surface area contributed by atoms with Crippen molar-refractivity contribution in [3.8, 4) is 0 Å². The van der Waals surface area contributed by atoms with Gasteiger partial charge in [-0.2, -0.15) is 0 Å². The molecule has 1 heterocycles. The summed E-state index contributed by atoms with van der Waals surface area (Å²) in [7, 11) is 0. The molecule has 3 rings (SSSR count). The SMILES string of the molecule is CC(C)[C@@H](C(=O)OCC(=O)N1CCc2ccccc21)c1ccc(Cl)cc1. The molecular weight excluding hydrogens is 350 g/mol. The molecule has 0 fully saturated rings. The number of carbonyl (C=O) groups excluding carboxylic acids is 2. The number of hydrogen-bond acceptors (Lipinski definition) is 3. The monoisotopic (exact) mass is 371 g/mol. The highest BCUT2D eigenvalue weighted by molar-refractivity contribution is 6.30. The minimum absolute atomic E-state index is 0.0475. The van der Waals surface area contributed by atoms with Crippen LogP contribution in [0, 0.1) is 5.92 Å². The number of amides is 1. The third-order valence-electron chi connectivity index (χ3n) is 4.68. The molecule has 4 nitrogen and oxygen atoms in total. The van der Waals surface area contributed by atoms with E-state index in [1.807, 2.05) is 50.2 Å². The number of para-hydroxylation sites is 1. The van der Waals surface area contributed by atoms with Gasteiger partial charge in [-0.05, 0) is 41.7 Å². The van der Waals surface area contributed by atoms with Crippen molar-refractivity contribution in [1.82, 2.24) is 0 Å². The third kappa shape index (κ3) is 3.91. The molecule has 0 aromatic heterocycles. The molecule has 0 aliphatic carbocycles. The second kappa shape index (κ2) is 7.92. The maximum absolute atomic E-state index is 12.6. The average Bonchev–Trinajstić information content (AvgIpc) is 3.05. The van der Waals surface area contributed by atoms with Crippen molar-refractivity contribution in [2.45, 2.75) is 26.2 Å². The van der Waals surface area contributed by atoms with E-state index in [0.29, 0.717) is 11.6 Å². The standard InChI is InChI=1S/C21H22ClNO3/c1-14(2)20(16-7-9-17(22)10-8-16)21(25)26-13-19(24)23-12-11-15-5-3-4-6-18(15)23/h3-10,14,20H,11-13H2,1-2H3/t20-/m1/s1. The first kappa shape index (κ1) is 18.5.